The Kier molecular flexibility index (Phi) is 44.8. The largest absolute Gasteiger partial charge is 5.00 e. The maximum absolute atomic E-state index is 9.41. The van der Waals surface area contributed by atoms with Crippen LogP contribution in [0.4, 0.5) is 0 Å². The normalized spacial score (nSPS) is 9.05. The van der Waals surface area contributed by atoms with Crippen molar-refractivity contribution in [2.24, 2.45) is 0 Å². The molecule has 20 nitrogen and oxygen atoms in total. The molecule has 0 aromatic rings. The van der Waals surface area contributed by atoms with Gasteiger partial charge in [-0.05, 0) is 60.8 Å². The third-order valence-electron chi connectivity index (χ3n) is 1.78. The Morgan fingerprint density at radius 2 is 0.262 bits per heavy atom. The summed E-state index contributed by atoms with van der Waals surface area (Å²) < 4.78 is 0. The van der Waals surface area contributed by atoms with E-state index >= 15 is 0 Å². The zero-order valence-corrected chi connectivity index (χ0v) is 22.6. The average molecular weight is 672 g/mol. The fourth-order valence-corrected chi connectivity index (χ4v) is 0.680. The van der Waals surface area contributed by atoms with Crippen molar-refractivity contribution in [2.45, 2.75) is 0 Å². The molecule has 0 saturated heterocycles. The van der Waals surface area contributed by atoms with Crippen molar-refractivity contribution in [3.63, 3.8) is 0 Å². The SMILES string of the molecule is O=C([O-])/C=C\C(=O)[O-].O=C([O-])/C=C\C(=O)[O-].O=C([O-])/C=C\C(=O)[O-].O=C([O-])/C=C\C(=O)[O-].O=C([O-])/C=C\C(=O)[O-].[V+5].[V+5]. The molecule has 0 amide bonds. The zero-order chi connectivity index (χ0) is 32.8. The quantitative estimate of drug-likeness (QED) is 0.194. The first-order valence-electron chi connectivity index (χ1n) is 8.64. The minimum Gasteiger partial charge on any atom is -0.545 e. The third-order valence-corrected chi connectivity index (χ3v) is 1.78. The third kappa shape index (κ3) is 102. The Morgan fingerprint density at radius 3 is 0.286 bits per heavy atom. The minimum atomic E-state index is -1.55. The molecule has 0 rings (SSSR count). The second-order valence-corrected chi connectivity index (χ2v) is 4.86. The van der Waals surface area contributed by atoms with E-state index in [2.05, 4.69) is 0 Å². The average Bonchev–Trinajstić information content (AvgIpc) is 2.79. The van der Waals surface area contributed by atoms with Crippen molar-refractivity contribution >= 4 is 59.7 Å². The van der Waals surface area contributed by atoms with Crippen LogP contribution < -0.4 is 51.1 Å². The Balaban J connectivity index is -0.0000000721. The summed E-state index contributed by atoms with van der Waals surface area (Å²) in [7, 11) is 0. The van der Waals surface area contributed by atoms with E-state index in [9.17, 15) is 99.0 Å². The monoisotopic (exact) mass is 672 g/mol. The van der Waals surface area contributed by atoms with Crippen LogP contribution in [0.5, 0.6) is 0 Å². The summed E-state index contributed by atoms with van der Waals surface area (Å²) in [6, 6.07) is 0. The predicted octanol–water partition coefficient (Wildman–Crippen LogP) is -14.8. The summed E-state index contributed by atoms with van der Waals surface area (Å²) in [6.45, 7) is 0. The molecule has 0 aliphatic carbocycles. The van der Waals surface area contributed by atoms with Crippen molar-refractivity contribution in [3.05, 3.63) is 60.8 Å². The van der Waals surface area contributed by atoms with Crippen molar-refractivity contribution in [3.8, 4) is 0 Å². The molecule has 0 aliphatic heterocycles. The van der Waals surface area contributed by atoms with Gasteiger partial charge in [-0.25, -0.2) is 0 Å². The maximum atomic E-state index is 9.41. The van der Waals surface area contributed by atoms with Gasteiger partial charge < -0.3 is 99.0 Å². The molecule has 0 fully saturated rings. The molecule has 0 aromatic carbocycles. The van der Waals surface area contributed by atoms with Gasteiger partial charge in [-0.2, -0.15) is 0 Å². The Bertz CT molecular complexity index is 804. The van der Waals surface area contributed by atoms with E-state index in [1.807, 2.05) is 0 Å². The number of carbonyl (C=O) groups excluding carboxylic acids is 10. The van der Waals surface area contributed by atoms with E-state index in [1.54, 1.807) is 0 Å². The second-order valence-electron chi connectivity index (χ2n) is 4.86. The number of carbonyl (C=O) groups is 10. The predicted molar refractivity (Wildman–Crippen MR) is 95.8 cm³/mol. The van der Waals surface area contributed by atoms with E-state index in [4.69, 9.17) is 0 Å². The van der Waals surface area contributed by atoms with E-state index < -0.39 is 59.7 Å². The number of rotatable bonds is 10. The number of hydrogen-bond acceptors (Lipinski definition) is 20. The Morgan fingerprint density at radius 1 is 0.214 bits per heavy atom. The minimum absolute atomic E-state index is 0. The molecule has 0 N–H and O–H groups in total. The van der Waals surface area contributed by atoms with Gasteiger partial charge in [-0.15, -0.1) is 0 Å². The Labute approximate surface area is 256 Å². The molecule has 0 saturated carbocycles. The summed E-state index contributed by atoms with van der Waals surface area (Å²) >= 11 is 0. The number of hydrogen-bond donors (Lipinski definition) is 0. The molecule has 220 valence electrons. The summed E-state index contributed by atoms with van der Waals surface area (Å²) in [6.07, 6.45) is 3.84. The van der Waals surface area contributed by atoms with Gasteiger partial charge in [0.15, 0.2) is 0 Å². The van der Waals surface area contributed by atoms with E-state index in [1.165, 1.54) is 0 Å². The molecule has 0 aliphatic rings. The van der Waals surface area contributed by atoms with Gasteiger partial charge in [-0.1, -0.05) is 0 Å². The van der Waals surface area contributed by atoms with Crippen LogP contribution >= 0.6 is 0 Å². The van der Waals surface area contributed by atoms with E-state index in [0.717, 1.165) is 0 Å². The molecule has 0 bridgehead atoms. The van der Waals surface area contributed by atoms with Gasteiger partial charge in [0.2, 0.25) is 0 Å². The maximum Gasteiger partial charge on any atom is 5.00 e. The first-order valence-corrected chi connectivity index (χ1v) is 8.64. The molecule has 22 heteroatoms. The van der Waals surface area contributed by atoms with E-state index in [-0.39, 0.29) is 37.1 Å². The van der Waals surface area contributed by atoms with Crippen LogP contribution in [0.15, 0.2) is 60.8 Å². The van der Waals surface area contributed by atoms with Crippen molar-refractivity contribution in [1.29, 1.82) is 0 Å². The fourth-order valence-electron chi connectivity index (χ4n) is 0.680. The first kappa shape index (κ1) is 52.9. The summed E-state index contributed by atoms with van der Waals surface area (Å²) in [5, 5.41) is 94.1. The van der Waals surface area contributed by atoms with Gasteiger partial charge in [0.1, 0.15) is 0 Å². The molecule has 0 radical (unpaired) electrons. The van der Waals surface area contributed by atoms with Crippen LogP contribution in [0, 0.1) is 0 Å². The summed E-state index contributed by atoms with van der Waals surface area (Å²) in [4.78, 5) is 94.1. The molecule has 42 heavy (non-hydrogen) atoms. The fraction of sp³-hybridized carbons (Fsp3) is 0. The van der Waals surface area contributed by atoms with Gasteiger partial charge in [-0.3, -0.25) is 0 Å². The zero-order valence-electron chi connectivity index (χ0n) is 19.8. The van der Waals surface area contributed by atoms with Gasteiger partial charge in [0.25, 0.3) is 0 Å². The van der Waals surface area contributed by atoms with Crippen LogP contribution in [0.1, 0.15) is 0 Å². The second kappa shape index (κ2) is 35.6. The van der Waals surface area contributed by atoms with Gasteiger partial charge in [0.05, 0.1) is 59.7 Å². The van der Waals surface area contributed by atoms with Crippen LogP contribution in [0.2, 0.25) is 0 Å². The molecular formula is C20H10O20V2. The Hall–Kier alpha value is -5.43. The van der Waals surface area contributed by atoms with Crippen molar-refractivity contribution < 1.29 is 136 Å². The molecule has 0 heterocycles. The van der Waals surface area contributed by atoms with E-state index in [0.29, 0.717) is 60.8 Å². The van der Waals surface area contributed by atoms with Crippen LogP contribution in [-0.4, -0.2) is 59.7 Å². The molecular weight excluding hydrogens is 662 g/mol. The van der Waals surface area contributed by atoms with Crippen molar-refractivity contribution in [2.75, 3.05) is 0 Å². The van der Waals surface area contributed by atoms with Crippen LogP contribution in [-0.2, 0) is 85.1 Å². The molecule has 0 spiro atoms. The number of carboxylic acids is 10. The molecule has 0 unspecified atom stereocenters. The first-order chi connectivity index (χ1) is 18.1. The number of carboxylic acid groups (broad SMARTS) is 10. The molecule has 0 atom stereocenters. The summed E-state index contributed by atoms with van der Waals surface area (Å²) in [5.41, 5.74) is 0. The standard InChI is InChI=1S/5C4H4O4.2V/c5*5-3(6)1-2-4(7)8;;/h5*1-2H,(H,5,6)(H,7,8);;/q;;;;;2*+5/p-10/b5*2-1-;;. The van der Waals surface area contributed by atoms with Gasteiger partial charge in [0, 0.05) is 0 Å². The summed E-state index contributed by atoms with van der Waals surface area (Å²) in [5.74, 6) is -15.5. The molecule has 0 aromatic heterocycles. The van der Waals surface area contributed by atoms with Crippen LogP contribution in [0.3, 0.4) is 0 Å². The van der Waals surface area contributed by atoms with Crippen LogP contribution in [0.25, 0.3) is 0 Å². The smallest absolute Gasteiger partial charge is 0.545 e. The van der Waals surface area contributed by atoms with Crippen molar-refractivity contribution in [1.82, 2.24) is 0 Å². The van der Waals surface area contributed by atoms with Gasteiger partial charge >= 0.3 is 37.1 Å². The topological polar surface area (TPSA) is 401 Å². The number of aliphatic carboxylic acids is 10.